The highest BCUT2D eigenvalue weighted by Crippen LogP contribution is 2.34. The van der Waals surface area contributed by atoms with E-state index < -0.39 is 23.0 Å². The molecule has 7 nitrogen and oxygen atoms in total. The number of hydrogen-bond donors (Lipinski definition) is 1. The number of nitrogens with zero attached hydrogens (tertiary/aromatic N) is 2. The molecule has 0 bridgehead atoms. The summed E-state index contributed by atoms with van der Waals surface area (Å²) in [4.78, 5) is 23.8. The Balaban J connectivity index is 1.72. The van der Waals surface area contributed by atoms with Crippen LogP contribution in [0, 0.1) is 10.1 Å². The number of benzene rings is 1. The van der Waals surface area contributed by atoms with Crippen LogP contribution in [0.1, 0.15) is 19.3 Å². The van der Waals surface area contributed by atoms with Crippen molar-refractivity contribution in [3.05, 3.63) is 28.3 Å². The molecule has 1 heterocycles. The maximum atomic E-state index is 12.4. The molecule has 0 spiro atoms. The zero-order chi connectivity index (χ0) is 16.6. The minimum atomic E-state index is -3.15. The number of ether oxygens (including phenoxy) is 1. The van der Waals surface area contributed by atoms with Gasteiger partial charge in [-0.1, -0.05) is 0 Å². The van der Waals surface area contributed by atoms with Crippen molar-refractivity contribution in [2.45, 2.75) is 38.0 Å². The van der Waals surface area contributed by atoms with E-state index in [2.05, 4.69) is 10.1 Å². The SMILES string of the molecule is O=C1CC(Nc2ccc([N+](=O)[O-])c(OC(F)F)c2)CN1C1CC1. The molecule has 1 saturated carbocycles. The maximum absolute atomic E-state index is 12.4. The minimum Gasteiger partial charge on any atom is -0.427 e. The summed E-state index contributed by atoms with van der Waals surface area (Å²) in [5.74, 6) is -0.436. The second kappa shape index (κ2) is 5.98. The van der Waals surface area contributed by atoms with Crippen LogP contribution in [0.25, 0.3) is 0 Å². The van der Waals surface area contributed by atoms with E-state index in [9.17, 15) is 23.7 Å². The number of carbonyl (C=O) groups excluding carboxylic acids is 1. The number of anilines is 1. The molecule has 1 N–H and O–H groups in total. The Morgan fingerprint density at radius 1 is 1.39 bits per heavy atom. The highest BCUT2D eigenvalue weighted by molar-refractivity contribution is 5.80. The Hall–Kier alpha value is -2.45. The second-order valence-electron chi connectivity index (χ2n) is 5.64. The van der Waals surface area contributed by atoms with E-state index in [0.717, 1.165) is 25.0 Å². The minimum absolute atomic E-state index is 0.0657. The number of nitro groups is 1. The van der Waals surface area contributed by atoms with E-state index in [1.54, 1.807) is 0 Å². The molecular weight excluding hydrogens is 312 g/mol. The second-order valence-corrected chi connectivity index (χ2v) is 5.64. The van der Waals surface area contributed by atoms with Crippen LogP contribution in [-0.2, 0) is 4.79 Å². The van der Waals surface area contributed by atoms with Crippen LogP contribution in [0.2, 0.25) is 0 Å². The molecule has 0 aromatic heterocycles. The van der Waals surface area contributed by atoms with Gasteiger partial charge in [0.25, 0.3) is 0 Å². The van der Waals surface area contributed by atoms with Gasteiger partial charge in [0.15, 0.2) is 0 Å². The third kappa shape index (κ3) is 3.49. The Bertz CT molecular complexity index is 636. The molecule has 1 unspecified atom stereocenters. The number of amides is 1. The van der Waals surface area contributed by atoms with Crippen molar-refractivity contribution >= 4 is 17.3 Å². The van der Waals surface area contributed by atoms with Gasteiger partial charge in [-0.05, 0) is 18.9 Å². The molecule has 2 fully saturated rings. The standard InChI is InChI=1S/C14H15F2N3O4/c15-14(16)23-12-5-8(1-4-11(12)19(21)22)17-9-6-13(20)18(7-9)10-2-3-10/h1,4-5,9-10,14,17H,2-3,6-7H2. The van der Waals surface area contributed by atoms with Gasteiger partial charge in [0.2, 0.25) is 11.7 Å². The maximum Gasteiger partial charge on any atom is 0.387 e. The van der Waals surface area contributed by atoms with Crippen molar-refractivity contribution in [3.8, 4) is 5.75 Å². The van der Waals surface area contributed by atoms with Gasteiger partial charge in [-0.3, -0.25) is 14.9 Å². The highest BCUT2D eigenvalue weighted by Gasteiger charge is 2.39. The summed E-state index contributed by atoms with van der Waals surface area (Å²) < 4.78 is 29.0. The Kier molecular flexibility index (Phi) is 4.01. The fraction of sp³-hybridized carbons (Fsp3) is 0.500. The lowest BCUT2D eigenvalue weighted by Crippen LogP contribution is -2.29. The molecular formula is C14H15F2N3O4. The van der Waals surface area contributed by atoms with Crippen molar-refractivity contribution in [2.75, 3.05) is 11.9 Å². The Morgan fingerprint density at radius 3 is 2.74 bits per heavy atom. The van der Waals surface area contributed by atoms with Crippen LogP contribution < -0.4 is 10.1 Å². The zero-order valence-electron chi connectivity index (χ0n) is 12.1. The molecule has 1 aliphatic carbocycles. The van der Waals surface area contributed by atoms with Gasteiger partial charge in [0.1, 0.15) is 0 Å². The molecule has 1 atom stereocenters. The summed E-state index contributed by atoms with van der Waals surface area (Å²) in [5, 5.41) is 13.9. The van der Waals surface area contributed by atoms with Gasteiger partial charge >= 0.3 is 12.3 Å². The number of hydrogen-bond acceptors (Lipinski definition) is 5. The predicted molar refractivity (Wildman–Crippen MR) is 76.5 cm³/mol. The summed E-state index contributed by atoms with van der Waals surface area (Å²) in [6, 6.07) is 3.86. The van der Waals surface area contributed by atoms with Gasteiger partial charge in [0.05, 0.1) is 11.0 Å². The summed E-state index contributed by atoms with van der Waals surface area (Å²) in [5.41, 5.74) is -0.125. The van der Waals surface area contributed by atoms with E-state index in [1.807, 2.05) is 4.90 Å². The molecule has 1 saturated heterocycles. The third-order valence-corrected chi connectivity index (χ3v) is 3.89. The number of halogens is 2. The number of nitrogens with one attached hydrogen (secondary N) is 1. The Morgan fingerprint density at radius 2 is 2.13 bits per heavy atom. The summed E-state index contributed by atoms with van der Waals surface area (Å²) >= 11 is 0. The van der Waals surface area contributed by atoms with Crippen molar-refractivity contribution in [1.82, 2.24) is 4.90 Å². The van der Waals surface area contributed by atoms with Crippen molar-refractivity contribution < 1.29 is 23.2 Å². The summed E-state index contributed by atoms with van der Waals surface area (Å²) in [6.07, 6.45) is 2.35. The van der Waals surface area contributed by atoms with E-state index in [4.69, 9.17) is 0 Å². The van der Waals surface area contributed by atoms with Crippen LogP contribution in [0.5, 0.6) is 5.75 Å². The lowest BCUT2D eigenvalue weighted by Gasteiger charge is -2.17. The lowest BCUT2D eigenvalue weighted by atomic mass is 10.2. The molecule has 124 valence electrons. The third-order valence-electron chi connectivity index (χ3n) is 3.89. The predicted octanol–water partition coefficient (Wildman–Crippen LogP) is 2.37. The van der Waals surface area contributed by atoms with Crippen LogP contribution in [0.4, 0.5) is 20.2 Å². The number of rotatable bonds is 6. The van der Waals surface area contributed by atoms with Crippen LogP contribution >= 0.6 is 0 Å². The molecule has 9 heteroatoms. The van der Waals surface area contributed by atoms with Crippen molar-refractivity contribution in [2.24, 2.45) is 0 Å². The van der Waals surface area contributed by atoms with Crippen LogP contribution in [0.3, 0.4) is 0 Å². The first-order chi connectivity index (χ1) is 10.9. The molecule has 3 rings (SSSR count). The zero-order valence-corrected chi connectivity index (χ0v) is 12.1. The molecule has 1 amide bonds. The lowest BCUT2D eigenvalue weighted by molar-refractivity contribution is -0.386. The topological polar surface area (TPSA) is 84.7 Å². The highest BCUT2D eigenvalue weighted by atomic mass is 19.3. The van der Waals surface area contributed by atoms with Crippen molar-refractivity contribution in [3.63, 3.8) is 0 Å². The Labute approximate surface area is 130 Å². The first-order valence-electron chi connectivity index (χ1n) is 7.23. The fourth-order valence-corrected chi connectivity index (χ4v) is 2.75. The van der Waals surface area contributed by atoms with E-state index >= 15 is 0 Å². The van der Waals surface area contributed by atoms with Gasteiger partial charge in [-0.2, -0.15) is 8.78 Å². The summed E-state index contributed by atoms with van der Waals surface area (Å²) in [7, 11) is 0. The van der Waals surface area contributed by atoms with E-state index in [-0.39, 0.29) is 11.9 Å². The quantitative estimate of drug-likeness (QED) is 0.640. The van der Waals surface area contributed by atoms with Gasteiger partial charge in [-0.15, -0.1) is 0 Å². The average Bonchev–Trinajstić information content (AvgIpc) is 3.22. The normalized spacial score (nSPS) is 20.9. The molecule has 0 radical (unpaired) electrons. The number of alkyl halides is 2. The van der Waals surface area contributed by atoms with Crippen LogP contribution in [-0.4, -0.2) is 41.0 Å². The number of nitro benzene ring substituents is 1. The average molecular weight is 327 g/mol. The molecule has 2 aliphatic rings. The fourth-order valence-electron chi connectivity index (χ4n) is 2.75. The monoisotopic (exact) mass is 327 g/mol. The first kappa shape index (κ1) is 15.4. The number of carbonyl (C=O) groups is 1. The van der Waals surface area contributed by atoms with Gasteiger partial charge in [-0.25, -0.2) is 0 Å². The van der Waals surface area contributed by atoms with Gasteiger partial charge < -0.3 is 15.0 Å². The van der Waals surface area contributed by atoms with E-state index in [0.29, 0.717) is 24.7 Å². The van der Waals surface area contributed by atoms with E-state index in [1.165, 1.54) is 6.07 Å². The van der Waals surface area contributed by atoms with Crippen LogP contribution in [0.15, 0.2) is 18.2 Å². The molecule has 1 aromatic carbocycles. The largest absolute Gasteiger partial charge is 0.427 e. The van der Waals surface area contributed by atoms with Crippen molar-refractivity contribution in [1.29, 1.82) is 0 Å². The first-order valence-corrected chi connectivity index (χ1v) is 7.23. The molecule has 1 aliphatic heterocycles. The number of likely N-dealkylation sites (tertiary alicyclic amines) is 1. The van der Waals surface area contributed by atoms with Gasteiger partial charge in [0, 0.05) is 36.8 Å². The molecule has 23 heavy (non-hydrogen) atoms. The molecule has 1 aromatic rings. The smallest absolute Gasteiger partial charge is 0.387 e. The summed E-state index contributed by atoms with van der Waals surface area (Å²) in [6.45, 7) is -2.60.